The zero-order valence-electron chi connectivity index (χ0n) is 9.86. The molecule has 0 aromatic heterocycles. The van der Waals surface area contributed by atoms with Crippen molar-refractivity contribution in [3.8, 4) is 0 Å². The molecule has 0 aliphatic carbocycles. The molecule has 0 radical (unpaired) electrons. The summed E-state index contributed by atoms with van der Waals surface area (Å²) in [5, 5.41) is 0.877. The minimum Gasteiger partial charge on any atom is -0.378 e. The van der Waals surface area contributed by atoms with Gasteiger partial charge in [-0.3, -0.25) is 0 Å². The molecule has 0 saturated carbocycles. The number of sulfonamides is 1. The molecule has 1 fully saturated rings. The van der Waals surface area contributed by atoms with Crippen molar-refractivity contribution in [3.63, 3.8) is 0 Å². The smallest absolute Gasteiger partial charge is 0.216 e. The first-order valence-electron chi connectivity index (χ1n) is 5.61. The largest absolute Gasteiger partial charge is 0.378 e. The van der Waals surface area contributed by atoms with Gasteiger partial charge in [-0.25, -0.2) is 12.7 Å². The van der Waals surface area contributed by atoms with Crippen LogP contribution in [0.15, 0.2) is 0 Å². The lowest BCUT2D eigenvalue weighted by Crippen LogP contribution is -2.33. The third kappa shape index (κ3) is 4.31. The highest BCUT2D eigenvalue weighted by Crippen LogP contribution is 2.21. The van der Waals surface area contributed by atoms with E-state index in [1.54, 1.807) is 4.31 Å². The van der Waals surface area contributed by atoms with Gasteiger partial charge in [-0.2, -0.15) is 0 Å². The maximum atomic E-state index is 11.9. The van der Waals surface area contributed by atoms with Crippen LogP contribution < -0.4 is 0 Å². The molecule has 16 heavy (non-hydrogen) atoms. The molecule has 1 heterocycles. The van der Waals surface area contributed by atoms with Gasteiger partial charge in [0.25, 0.3) is 0 Å². The van der Waals surface area contributed by atoms with Crippen LogP contribution in [0, 0.1) is 5.92 Å². The fourth-order valence-corrected chi connectivity index (χ4v) is 3.61. The van der Waals surface area contributed by atoms with Crippen LogP contribution in [-0.2, 0) is 14.8 Å². The summed E-state index contributed by atoms with van der Waals surface area (Å²) >= 11 is 3.40. The highest BCUT2D eigenvalue weighted by atomic mass is 79.9. The third-order valence-electron chi connectivity index (χ3n) is 2.65. The number of ether oxygens (including phenoxy) is 1. The average molecular weight is 314 g/mol. The molecule has 0 spiro atoms. The molecular formula is C10H20BrNO3S. The molecular weight excluding hydrogens is 294 g/mol. The van der Waals surface area contributed by atoms with E-state index in [2.05, 4.69) is 15.9 Å². The molecule has 1 atom stereocenters. The maximum absolute atomic E-state index is 11.9. The van der Waals surface area contributed by atoms with Crippen LogP contribution in [0.3, 0.4) is 0 Å². The van der Waals surface area contributed by atoms with Crippen LogP contribution in [0.4, 0.5) is 0 Å². The molecule has 1 rings (SSSR count). The van der Waals surface area contributed by atoms with E-state index in [0.29, 0.717) is 19.0 Å². The summed E-state index contributed by atoms with van der Waals surface area (Å²) in [5.74, 6) is 0.556. The van der Waals surface area contributed by atoms with Gasteiger partial charge < -0.3 is 4.74 Å². The SMILES string of the molecule is CC(C)OCCS(=O)(=O)N1CCC(CBr)C1. The second-order valence-corrected chi connectivity index (χ2v) is 7.14. The summed E-state index contributed by atoms with van der Waals surface area (Å²) in [6.45, 7) is 5.40. The fourth-order valence-electron chi connectivity index (χ4n) is 1.69. The van der Waals surface area contributed by atoms with Crippen molar-refractivity contribution >= 4 is 26.0 Å². The molecule has 4 nitrogen and oxygen atoms in total. The normalized spacial score (nSPS) is 23.1. The van der Waals surface area contributed by atoms with Crippen LogP contribution >= 0.6 is 15.9 Å². The van der Waals surface area contributed by atoms with Gasteiger partial charge in [0.2, 0.25) is 10.0 Å². The van der Waals surface area contributed by atoms with Crippen molar-refractivity contribution in [2.24, 2.45) is 5.92 Å². The number of rotatable bonds is 6. The van der Waals surface area contributed by atoms with Crippen LogP contribution in [0.25, 0.3) is 0 Å². The Morgan fingerprint density at radius 2 is 2.19 bits per heavy atom. The zero-order chi connectivity index (χ0) is 12.2. The van der Waals surface area contributed by atoms with Gasteiger partial charge in [-0.15, -0.1) is 0 Å². The molecule has 0 aromatic carbocycles. The predicted octanol–water partition coefficient (Wildman–Crippen LogP) is 1.46. The van der Waals surface area contributed by atoms with Gasteiger partial charge in [-0.05, 0) is 26.2 Å². The summed E-state index contributed by atoms with van der Waals surface area (Å²) in [6, 6.07) is 0. The van der Waals surface area contributed by atoms with E-state index in [1.165, 1.54) is 0 Å². The van der Waals surface area contributed by atoms with E-state index in [-0.39, 0.29) is 18.5 Å². The Kier molecular flexibility index (Phi) is 5.70. The molecule has 1 unspecified atom stereocenters. The molecule has 1 aliphatic rings. The Bertz CT molecular complexity index is 305. The lowest BCUT2D eigenvalue weighted by molar-refractivity contribution is 0.0907. The van der Waals surface area contributed by atoms with Crippen molar-refractivity contribution in [3.05, 3.63) is 0 Å². The molecule has 96 valence electrons. The summed E-state index contributed by atoms with van der Waals surface area (Å²) < 4.78 is 30.7. The van der Waals surface area contributed by atoms with Gasteiger partial charge in [-0.1, -0.05) is 15.9 Å². The number of hydrogen-bond acceptors (Lipinski definition) is 3. The Balaban J connectivity index is 2.39. The Labute approximate surface area is 107 Å². The van der Waals surface area contributed by atoms with E-state index in [0.717, 1.165) is 11.8 Å². The Hall–Kier alpha value is 0.350. The summed E-state index contributed by atoms with van der Waals surface area (Å²) in [5.41, 5.74) is 0. The average Bonchev–Trinajstić information content (AvgIpc) is 2.65. The Morgan fingerprint density at radius 1 is 1.50 bits per heavy atom. The standard InChI is InChI=1S/C10H20BrNO3S/c1-9(2)15-5-6-16(13,14)12-4-3-10(7-11)8-12/h9-10H,3-8H2,1-2H3. The summed E-state index contributed by atoms with van der Waals surface area (Å²) in [4.78, 5) is 0. The van der Waals surface area contributed by atoms with E-state index < -0.39 is 10.0 Å². The fraction of sp³-hybridized carbons (Fsp3) is 1.00. The first-order chi connectivity index (χ1) is 7.45. The lowest BCUT2D eigenvalue weighted by Gasteiger charge is -2.16. The van der Waals surface area contributed by atoms with Gasteiger partial charge in [0.15, 0.2) is 0 Å². The van der Waals surface area contributed by atoms with Gasteiger partial charge in [0.05, 0.1) is 18.5 Å². The van der Waals surface area contributed by atoms with Crippen molar-refractivity contribution in [2.45, 2.75) is 26.4 Å². The first kappa shape index (κ1) is 14.4. The number of hydrogen-bond donors (Lipinski definition) is 0. The van der Waals surface area contributed by atoms with Crippen molar-refractivity contribution in [2.75, 3.05) is 30.8 Å². The molecule has 6 heteroatoms. The molecule has 1 saturated heterocycles. The minimum absolute atomic E-state index is 0.0871. The predicted molar refractivity (Wildman–Crippen MR) is 68.3 cm³/mol. The van der Waals surface area contributed by atoms with Crippen LogP contribution in [0.1, 0.15) is 20.3 Å². The second-order valence-electron chi connectivity index (χ2n) is 4.40. The minimum atomic E-state index is -3.11. The molecule has 0 N–H and O–H groups in total. The topological polar surface area (TPSA) is 46.6 Å². The second kappa shape index (κ2) is 6.33. The van der Waals surface area contributed by atoms with E-state index in [4.69, 9.17) is 4.74 Å². The summed E-state index contributed by atoms with van der Waals surface area (Å²) in [6.07, 6.45) is 1.04. The number of halogens is 1. The van der Waals surface area contributed by atoms with Crippen molar-refractivity contribution in [1.82, 2.24) is 4.31 Å². The number of nitrogens with zero attached hydrogens (tertiary/aromatic N) is 1. The van der Waals surface area contributed by atoms with Crippen molar-refractivity contribution < 1.29 is 13.2 Å². The monoisotopic (exact) mass is 313 g/mol. The lowest BCUT2D eigenvalue weighted by atomic mass is 10.2. The first-order valence-corrected chi connectivity index (χ1v) is 8.34. The van der Waals surface area contributed by atoms with Crippen LogP contribution in [0.2, 0.25) is 0 Å². The summed E-state index contributed by atoms with van der Waals surface area (Å²) in [7, 11) is -3.11. The Morgan fingerprint density at radius 3 is 2.69 bits per heavy atom. The highest BCUT2D eigenvalue weighted by molar-refractivity contribution is 9.09. The molecule has 0 bridgehead atoms. The highest BCUT2D eigenvalue weighted by Gasteiger charge is 2.30. The van der Waals surface area contributed by atoms with Gasteiger partial charge in [0.1, 0.15) is 0 Å². The van der Waals surface area contributed by atoms with E-state index in [1.807, 2.05) is 13.8 Å². The van der Waals surface area contributed by atoms with E-state index in [9.17, 15) is 8.42 Å². The zero-order valence-corrected chi connectivity index (χ0v) is 12.3. The third-order valence-corrected chi connectivity index (χ3v) is 5.37. The van der Waals surface area contributed by atoms with Gasteiger partial charge in [0, 0.05) is 18.4 Å². The van der Waals surface area contributed by atoms with Crippen molar-refractivity contribution in [1.29, 1.82) is 0 Å². The van der Waals surface area contributed by atoms with Crippen LogP contribution in [0.5, 0.6) is 0 Å². The van der Waals surface area contributed by atoms with Gasteiger partial charge >= 0.3 is 0 Å². The molecule has 0 amide bonds. The van der Waals surface area contributed by atoms with E-state index >= 15 is 0 Å². The van der Waals surface area contributed by atoms with Crippen LogP contribution in [-0.4, -0.2) is 49.6 Å². The molecule has 1 aliphatic heterocycles. The number of alkyl halides is 1. The maximum Gasteiger partial charge on any atom is 0.216 e. The molecule has 0 aromatic rings. The quantitative estimate of drug-likeness (QED) is 0.697.